The lowest BCUT2D eigenvalue weighted by Gasteiger charge is -2.26. The third-order valence-electron chi connectivity index (χ3n) is 2.93. The van der Waals surface area contributed by atoms with Crippen LogP contribution in [0.4, 0.5) is 5.69 Å². The van der Waals surface area contributed by atoms with Crippen LogP contribution in [-0.2, 0) is 16.4 Å². The highest BCUT2D eigenvalue weighted by Crippen LogP contribution is 2.34. The molecule has 0 fully saturated rings. The van der Waals surface area contributed by atoms with E-state index in [2.05, 4.69) is 20.8 Å². The van der Waals surface area contributed by atoms with Crippen molar-refractivity contribution in [3.8, 4) is 5.75 Å². The zero-order valence-corrected chi connectivity index (χ0v) is 13.1. The summed E-state index contributed by atoms with van der Waals surface area (Å²) in [6, 6.07) is 5.88. The van der Waals surface area contributed by atoms with Crippen molar-refractivity contribution in [1.82, 2.24) is 0 Å². The molecule has 0 aliphatic rings. The van der Waals surface area contributed by atoms with Crippen molar-refractivity contribution in [3.63, 3.8) is 0 Å². The van der Waals surface area contributed by atoms with Gasteiger partial charge in [-0.05, 0) is 23.1 Å². The lowest BCUT2D eigenvalue weighted by Crippen LogP contribution is -2.29. The van der Waals surface area contributed by atoms with E-state index in [0.717, 1.165) is 11.3 Å². The molecule has 0 amide bonds. The maximum absolute atomic E-state index is 11.8. The smallest absolute Gasteiger partial charge is 0.143 e. The monoisotopic (exact) mass is 285 g/mol. The van der Waals surface area contributed by atoms with Crippen LogP contribution in [0.3, 0.4) is 0 Å². The number of anilines is 1. The minimum absolute atomic E-state index is 0.00113. The Labute approximate surface area is 118 Å². The van der Waals surface area contributed by atoms with Crippen molar-refractivity contribution in [2.75, 3.05) is 30.8 Å². The normalized spacial score (nSPS) is 13.2. The molecule has 4 nitrogen and oxygen atoms in total. The molecule has 108 valence electrons. The van der Waals surface area contributed by atoms with Crippen molar-refractivity contribution in [1.29, 1.82) is 0 Å². The van der Waals surface area contributed by atoms with Crippen LogP contribution in [0, 0.1) is 0 Å². The van der Waals surface area contributed by atoms with Gasteiger partial charge in [0.05, 0.1) is 25.9 Å². The number of methoxy groups -OCH3 is 1. The zero-order chi connectivity index (χ0) is 14.6. The molecular weight excluding hydrogens is 262 g/mol. The van der Waals surface area contributed by atoms with Gasteiger partial charge in [-0.15, -0.1) is 0 Å². The van der Waals surface area contributed by atoms with Crippen molar-refractivity contribution in [3.05, 3.63) is 23.8 Å². The largest absolute Gasteiger partial charge is 0.495 e. The summed E-state index contributed by atoms with van der Waals surface area (Å²) >= 11 is 0. The van der Waals surface area contributed by atoms with Gasteiger partial charge in [0.15, 0.2) is 0 Å². The fraction of sp³-hybridized carbons (Fsp3) is 0.571. The molecule has 5 heteroatoms. The number of benzene rings is 1. The van der Waals surface area contributed by atoms with Crippen LogP contribution >= 0.6 is 0 Å². The fourth-order valence-corrected chi connectivity index (χ4v) is 2.59. The van der Waals surface area contributed by atoms with Crippen molar-refractivity contribution in [2.24, 2.45) is 0 Å². The first kappa shape index (κ1) is 16.0. The molecule has 1 rings (SSSR count). The Balaban J connectivity index is 3.32. The van der Waals surface area contributed by atoms with Gasteiger partial charge in [-0.2, -0.15) is 0 Å². The molecule has 0 bridgehead atoms. The topological polar surface area (TPSA) is 49.8 Å². The van der Waals surface area contributed by atoms with Crippen molar-refractivity contribution >= 4 is 16.7 Å². The molecule has 0 radical (unpaired) electrons. The van der Waals surface area contributed by atoms with Gasteiger partial charge in [-0.1, -0.05) is 26.8 Å². The highest BCUT2D eigenvalue weighted by molar-refractivity contribution is 7.85. The van der Waals surface area contributed by atoms with Crippen LogP contribution < -0.4 is 9.04 Å². The van der Waals surface area contributed by atoms with Crippen LogP contribution in [0.25, 0.3) is 0 Å². The van der Waals surface area contributed by atoms with Gasteiger partial charge in [0.25, 0.3) is 0 Å². The van der Waals surface area contributed by atoms with Crippen LogP contribution in [0.1, 0.15) is 26.3 Å². The van der Waals surface area contributed by atoms with Gasteiger partial charge in [-0.25, -0.2) is 4.21 Å². The van der Waals surface area contributed by atoms with E-state index < -0.39 is 11.0 Å². The minimum Gasteiger partial charge on any atom is -0.495 e. The van der Waals surface area contributed by atoms with E-state index in [4.69, 9.17) is 9.84 Å². The van der Waals surface area contributed by atoms with Gasteiger partial charge in [-0.3, -0.25) is 4.31 Å². The van der Waals surface area contributed by atoms with Crippen molar-refractivity contribution < 1.29 is 14.1 Å². The molecule has 19 heavy (non-hydrogen) atoms. The van der Waals surface area contributed by atoms with E-state index in [1.54, 1.807) is 17.7 Å². The highest BCUT2D eigenvalue weighted by Gasteiger charge is 2.20. The second-order valence-corrected chi connectivity index (χ2v) is 6.67. The maximum atomic E-state index is 11.8. The number of hydrogen-bond acceptors (Lipinski definition) is 3. The lowest BCUT2D eigenvalue weighted by atomic mass is 9.87. The van der Waals surface area contributed by atoms with Gasteiger partial charge >= 0.3 is 0 Å². The fourth-order valence-electron chi connectivity index (χ4n) is 1.83. The number of rotatable bonds is 5. The molecule has 0 spiro atoms. The van der Waals surface area contributed by atoms with E-state index in [0.29, 0.717) is 12.3 Å². The summed E-state index contributed by atoms with van der Waals surface area (Å²) in [6.45, 7) is 6.63. The summed E-state index contributed by atoms with van der Waals surface area (Å²) in [6.07, 6.45) is 1.60. The van der Waals surface area contributed by atoms with E-state index in [1.807, 2.05) is 18.2 Å². The molecule has 1 unspecified atom stereocenters. The predicted molar refractivity (Wildman–Crippen MR) is 80.2 cm³/mol. The summed E-state index contributed by atoms with van der Waals surface area (Å²) in [5.41, 5.74) is 1.89. The maximum Gasteiger partial charge on any atom is 0.143 e. The second kappa shape index (κ2) is 6.39. The van der Waals surface area contributed by atoms with E-state index in [9.17, 15) is 4.21 Å². The Morgan fingerprint density at radius 2 is 2.00 bits per heavy atom. The Bertz CT molecular complexity index is 454. The van der Waals surface area contributed by atoms with E-state index in [-0.39, 0.29) is 12.0 Å². The molecule has 0 aliphatic heterocycles. The van der Waals surface area contributed by atoms with E-state index >= 15 is 0 Å². The van der Waals surface area contributed by atoms with Gasteiger partial charge in [0.2, 0.25) is 0 Å². The molecule has 0 saturated carbocycles. The quantitative estimate of drug-likeness (QED) is 0.901. The van der Waals surface area contributed by atoms with E-state index in [1.165, 1.54) is 0 Å². The first-order valence-corrected chi connectivity index (χ1v) is 7.73. The molecule has 1 aromatic carbocycles. The number of ether oxygens (including phenoxy) is 1. The Hall–Kier alpha value is -1.07. The Kier molecular flexibility index (Phi) is 5.38. The molecule has 1 N–H and O–H groups in total. The summed E-state index contributed by atoms with van der Waals surface area (Å²) in [7, 11) is 0.381. The van der Waals surface area contributed by atoms with Gasteiger partial charge < -0.3 is 9.84 Å². The average molecular weight is 285 g/mol. The first-order valence-electron chi connectivity index (χ1n) is 6.21. The lowest BCUT2D eigenvalue weighted by molar-refractivity contribution is 0.307. The molecular formula is C14H23NO3S. The van der Waals surface area contributed by atoms with Crippen molar-refractivity contribution in [2.45, 2.75) is 26.2 Å². The predicted octanol–water partition coefficient (Wildman–Crippen LogP) is 2.08. The number of nitrogens with zero attached hydrogens (tertiary/aromatic N) is 1. The first-order chi connectivity index (χ1) is 8.81. The standard InChI is InChI=1S/C14H23NO3S/c1-14(2,3)11-6-7-13(18-4)12(10-11)15(8-9-16)19(5)17/h6-7,10,16H,8-9H2,1-5H3. The number of hydrogen-bond donors (Lipinski definition) is 1. The minimum atomic E-state index is -1.21. The summed E-state index contributed by atoms with van der Waals surface area (Å²) in [5, 5.41) is 9.12. The number of aliphatic hydroxyl groups excluding tert-OH is 1. The third-order valence-corrected chi connectivity index (χ3v) is 3.93. The average Bonchev–Trinajstić information content (AvgIpc) is 2.33. The van der Waals surface area contributed by atoms with Crippen LogP contribution in [0.2, 0.25) is 0 Å². The summed E-state index contributed by atoms with van der Waals surface area (Å²) < 4.78 is 18.8. The second-order valence-electron chi connectivity index (χ2n) is 5.39. The molecule has 0 heterocycles. The molecule has 0 saturated heterocycles. The van der Waals surface area contributed by atoms with Crippen LogP contribution in [0.15, 0.2) is 18.2 Å². The van der Waals surface area contributed by atoms with Crippen LogP contribution in [0.5, 0.6) is 5.75 Å². The highest BCUT2D eigenvalue weighted by atomic mass is 32.2. The zero-order valence-electron chi connectivity index (χ0n) is 12.3. The summed E-state index contributed by atoms with van der Waals surface area (Å²) in [4.78, 5) is 0. The Morgan fingerprint density at radius 1 is 1.37 bits per heavy atom. The Morgan fingerprint density at radius 3 is 2.42 bits per heavy atom. The van der Waals surface area contributed by atoms with Gasteiger partial charge in [0.1, 0.15) is 16.7 Å². The molecule has 1 atom stereocenters. The number of aliphatic hydroxyl groups is 1. The third kappa shape index (κ3) is 3.94. The summed E-state index contributed by atoms with van der Waals surface area (Å²) in [5.74, 6) is 0.664. The molecule has 1 aromatic rings. The van der Waals surface area contributed by atoms with Gasteiger partial charge in [0, 0.05) is 6.26 Å². The van der Waals surface area contributed by atoms with Crippen LogP contribution in [-0.4, -0.2) is 35.8 Å². The molecule has 0 aromatic heterocycles. The SMILES string of the molecule is COc1ccc(C(C)(C)C)cc1N(CCO)S(C)=O. The molecule has 0 aliphatic carbocycles.